The van der Waals surface area contributed by atoms with Crippen LogP contribution in [0.4, 0.5) is 11.8 Å². The molecule has 112 valence electrons. The van der Waals surface area contributed by atoms with E-state index in [-0.39, 0.29) is 12.5 Å². The molecule has 0 atom stereocenters. The molecule has 0 radical (unpaired) electrons. The molecule has 1 aromatic rings. The maximum absolute atomic E-state index is 11.5. The van der Waals surface area contributed by atoms with Crippen LogP contribution in [0.15, 0.2) is 16.1 Å². The van der Waals surface area contributed by atoms with Gasteiger partial charge in [0, 0.05) is 0 Å². The number of nitrogens with zero attached hydrogens (tertiary/aromatic N) is 5. The number of anilines is 2. The van der Waals surface area contributed by atoms with Crippen molar-refractivity contribution in [1.82, 2.24) is 9.97 Å². The molecule has 1 heterocycles. The molecule has 1 amide bonds. The van der Waals surface area contributed by atoms with Crippen LogP contribution in [0.2, 0.25) is 0 Å². The van der Waals surface area contributed by atoms with E-state index < -0.39 is 0 Å². The molecule has 1 aromatic heterocycles. The van der Waals surface area contributed by atoms with Gasteiger partial charge in [0.15, 0.2) is 0 Å². The van der Waals surface area contributed by atoms with Crippen molar-refractivity contribution in [2.24, 2.45) is 9.98 Å². The van der Waals surface area contributed by atoms with E-state index in [2.05, 4.69) is 32.0 Å². The summed E-state index contributed by atoms with van der Waals surface area (Å²) in [6.07, 6.45) is 2.43. The van der Waals surface area contributed by atoms with Gasteiger partial charge < -0.3 is 0 Å². The Kier molecular flexibility index (Phi) is 7.61. The van der Waals surface area contributed by atoms with Gasteiger partial charge in [-0.25, -0.2) is 0 Å². The SMILES string of the molecule is C=NC(=O)CN(CCC)c1cc(C)nc(NC=N[CH]=[W])n1. The average molecular weight is 458 g/mol. The van der Waals surface area contributed by atoms with Crippen LogP contribution in [-0.2, 0) is 24.1 Å². The van der Waals surface area contributed by atoms with Crippen LogP contribution in [-0.4, -0.2) is 46.5 Å². The Morgan fingerprint density at radius 1 is 1.57 bits per heavy atom. The van der Waals surface area contributed by atoms with Crippen LogP contribution in [0.3, 0.4) is 0 Å². The van der Waals surface area contributed by atoms with Crippen LogP contribution < -0.4 is 10.2 Å². The van der Waals surface area contributed by atoms with Gasteiger partial charge in [-0.2, -0.15) is 0 Å². The third-order valence-corrected chi connectivity index (χ3v) is 2.93. The fourth-order valence-electron chi connectivity index (χ4n) is 1.66. The van der Waals surface area contributed by atoms with Gasteiger partial charge in [0.25, 0.3) is 0 Å². The zero-order chi connectivity index (χ0) is 15.7. The standard InChI is InChI=1S/C13H18N6O.W/c1-5-6-19(8-12(20)15-4)11-7-10(2)17-13(18-11)16-9-14-3;/h3,7,9H,4-6,8H2,1-2H3,(H,16,17,18);. The average Bonchev–Trinajstić information content (AvgIpc) is 2.46. The second-order valence-electron chi connectivity index (χ2n) is 4.19. The predicted molar refractivity (Wildman–Crippen MR) is 82.0 cm³/mol. The first-order chi connectivity index (χ1) is 10.1. The molecule has 0 aliphatic carbocycles. The Labute approximate surface area is 135 Å². The van der Waals surface area contributed by atoms with Gasteiger partial charge in [-0.15, -0.1) is 0 Å². The molecule has 0 fully saturated rings. The number of hydrogen-bond donors (Lipinski definition) is 1. The first kappa shape index (κ1) is 17.3. The van der Waals surface area contributed by atoms with Crippen molar-refractivity contribution in [3.05, 3.63) is 11.8 Å². The summed E-state index contributed by atoms with van der Waals surface area (Å²) in [5.74, 6) is 0.855. The number of nitrogens with one attached hydrogen (secondary N) is 1. The van der Waals surface area contributed by atoms with Gasteiger partial charge in [0.2, 0.25) is 0 Å². The molecule has 0 saturated carbocycles. The van der Waals surface area contributed by atoms with Crippen molar-refractivity contribution < 1.29 is 24.1 Å². The van der Waals surface area contributed by atoms with Crippen LogP contribution in [0, 0.1) is 6.92 Å². The summed E-state index contributed by atoms with van der Waals surface area (Å²) >= 11 is 1.26. The van der Waals surface area contributed by atoms with Crippen LogP contribution in [0.25, 0.3) is 0 Å². The Balaban J connectivity index is 3.00. The maximum atomic E-state index is 11.5. The minimum atomic E-state index is -0.278. The zero-order valence-electron chi connectivity index (χ0n) is 12.1. The van der Waals surface area contributed by atoms with E-state index in [0.29, 0.717) is 18.3 Å². The van der Waals surface area contributed by atoms with Crippen molar-refractivity contribution in [2.45, 2.75) is 20.3 Å². The molecule has 0 unspecified atom stereocenters. The van der Waals surface area contributed by atoms with Crippen LogP contribution in [0.1, 0.15) is 19.0 Å². The second kappa shape index (κ2) is 9.23. The van der Waals surface area contributed by atoms with Crippen molar-refractivity contribution in [2.75, 3.05) is 23.3 Å². The quantitative estimate of drug-likeness (QED) is 0.464. The van der Waals surface area contributed by atoms with Gasteiger partial charge in [0.05, 0.1) is 0 Å². The first-order valence-corrected chi connectivity index (χ1v) is 8.12. The molecule has 0 aliphatic rings. The van der Waals surface area contributed by atoms with Gasteiger partial charge in [0.1, 0.15) is 0 Å². The van der Waals surface area contributed by atoms with E-state index in [4.69, 9.17) is 0 Å². The molecule has 0 aliphatic heterocycles. The summed E-state index contributed by atoms with van der Waals surface area (Å²) in [5, 5.41) is 2.91. The summed E-state index contributed by atoms with van der Waals surface area (Å²) in [6, 6.07) is 1.84. The summed E-state index contributed by atoms with van der Waals surface area (Å²) < 4.78 is 1.74. The number of amides is 1. The minimum absolute atomic E-state index is 0.160. The van der Waals surface area contributed by atoms with Crippen LogP contribution in [0.5, 0.6) is 0 Å². The third-order valence-electron chi connectivity index (χ3n) is 2.49. The van der Waals surface area contributed by atoms with E-state index in [1.165, 1.54) is 25.7 Å². The molecular formula is C13H18N6OW. The molecule has 0 bridgehead atoms. The van der Waals surface area contributed by atoms with Gasteiger partial charge in [-0.05, 0) is 0 Å². The molecular weight excluding hydrogens is 440 g/mol. The van der Waals surface area contributed by atoms with Crippen molar-refractivity contribution >= 4 is 35.3 Å². The molecule has 0 spiro atoms. The molecule has 0 aromatic carbocycles. The molecule has 1 N–H and O–H groups in total. The molecule has 7 nitrogen and oxygen atoms in total. The van der Waals surface area contributed by atoms with Crippen molar-refractivity contribution in [3.63, 3.8) is 0 Å². The van der Waals surface area contributed by atoms with Crippen LogP contribution >= 0.6 is 0 Å². The molecule has 0 saturated heterocycles. The van der Waals surface area contributed by atoms with Crippen molar-refractivity contribution in [1.29, 1.82) is 0 Å². The number of carbonyl (C=O) groups excluding carboxylic acids is 1. The van der Waals surface area contributed by atoms with Crippen molar-refractivity contribution in [3.8, 4) is 0 Å². The summed E-state index contributed by atoms with van der Waals surface area (Å²) in [7, 11) is 0. The Hall–Kier alpha value is -1.75. The number of rotatable bonds is 8. The number of aryl methyl sites for hydroxylation is 1. The number of carbonyl (C=O) groups is 1. The predicted octanol–water partition coefficient (Wildman–Crippen LogP) is 0.975. The fraction of sp³-hybridized carbons (Fsp3) is 0.385. The summed E-state index contributed by atoms with van der Waals surface area (Å²) in [5.41, 5.74) is 0.808. The van der Waals surface area contributed by atoms with Gasteiger partial charge in [-0.1, -0.05) is 0 Å². The summed E-state index contributed by atoms with van der Waals surface area (Å²) in [6.45, 7) is 8.04. The van der Waals surface area contributed by atoms with Gasteiger partial charge in [-0.3, -0.25) is 0 Å². The topological polar surface area (TPSA) is 82.8 Å². The second-order valence-corrected chi connectivity index (χ2v) is 4.95. The summed E-state index contributed by atoms with van der Waals surface area (Å²) in [4.78, 5) is 29.4. The Bertz CT molecular complexity index is 545. The first-order valence-electron chi connectivity index (χ1n) is 6.42. The molecule has 8 heteroatoms. The Morgan fingerprint density at radius 2 is 2.33 bits per heavy atom. The zero-order valence-corrected chi connectivity index (χ0v) is 15.0. The number of aliphatic imine (C=N–C) groups is 2. The van der Waals surface area contributed by atoms with Gasteiger partial charge >= 0.3 is 135 Å². The van der Waals surface area contributed by atoms with E-state index in [1.54, 1.807) is 4.52 Å². The van der Waals surface area contributed by atoms with E-state index in [9.17, 15) is 4.79 Å². The van der Waals surface area contributed by atoms with E-state index in [1.807, 2.05) is 24.8 Å². The number of hydrogen-bond acceptors (Lipinski definition) is 5. The van der Waals surface area contributed by atoms with E-state index >= 15 is 0 Å². The normalized spacial score (nSPS) is 10.4. The third kappa shape index (κ3) is 6.04. The molecule has 1 rings (SSSR count). The van der Waals surface area contributed by atoms with E-state index in [0.717, 1.165) is 12.1 Å². The Morgan fingerprint density at radius 3 is 2.95 bits per heavy atom. The fourth-order valence-corrected chi connectivity index (χ4v) is 1.88. The monoisotopic (exact) mass is 458 g/mol. The molecule has 21 heavy (non-hydrogen) atoms. The number of aromatic nitrogens is 2.